The number of nitro groups is 1. The van der Waals surface area contributed by atoms with Crippen LogP contribution in [-0.4, -0.2) is 37.5 Å². The molecule has 1 amide bonds. The first kappa shape index (κ1) is 21.0. The minimum Gasteiger partial charge on any atom is -0.404 e. The summed E-state index contributed by atoms with van der Waals surface area (Å²) in [6, 6.07) is 8.64. The molecule has 0 atom stereocenters. The summed E-state index contributed by atoms with van der Waals surface area (Å²) in [7, 11) is 1.48. The summed E-state index contributed by atoms with van der Waals surface area (Å²) in [6.45, 7) is 0.625. The van der Waals surface area contributed by atoms with Crippen molar-refractivity contribution < 1.29 is 32.4 Å². The molecule has 0 aromatic heterocycles. The highest BCUT2D eigenvalue weighted by molar-refractivity contribution is 6.05. The van der Waals surface area contributed by atoms with Gasteiger partial charge >= 0.3 is 6.36 Å². The summed E-state index contributed by atoms with van der Waals surface area (Å²) in [4.78, 5) is 22.9. The second-order valence-electron chi connectivity index (χ2n) is 5.41. The fourth-order valence-electron chi connectivity index (χ4n) is 2.24. The zero-order valence-corrected chi connectivity index (χ0v) is 14.6. The zero-order chi connectivity index (χ0) is 20.7. The maximum absolute atomic E-state index is 12.5. The molecule has 0 radical (unpaired) electrons. The predicted octanol–water partition coefficient (Wildman–Crippen LogP) is 3.80. The van der Waals surface area contributed by atoms with Gasteiger partial charge in [0.2, 0.25) is 0 Å². The first-order chi connectivity index (χ1) is 13.2. The van der Waals surface area contributed by atoms with E-state index < -0.39 is 22.9 Å². The van der Waals surface area contributed by atoms with E-state index in [1.165, 1.54) is 37.4 Å². The highest BCUT2D eigenvalue weighted by atomic mass is 19.4. The molecule has 2 aromatic rings. The predicted molar refractivity (Wildman–Crippen MR) is 94.5 cm³/mol. The highest BCUT2D eigenvalue weighted by Gasteiger charge is 2.32. The van der Waals surface area contributed by atoms with Crippen molar-refractivity contribution in [2.45, 2.75) is 6.36 Å². The summed E-state index contributed by atoms with van der Waals surface area (Å²) in [5.41, 5.74) is -0.511. The topological polar surface area (TPSA) is 103 Å². The van der Waals surface area contributed by atoms with Crippen LogP contribution in [0.5, 0.6) is 5.75 Å². The molecule has 0 saturated carbocycles. The number of carbonyl (C=O) groups is 1. The largest absolute Gasteiger partial charge is 0.573 e. The van der Waals surface area contributed by atoms with Crippen molar-refractivity contribution in [1.29, 1.82) is 0 Å². The van der Waals surface area contributed by atoms with E-state index in [9.17, 15) is 28.1 Å². The van der Waals surface area contributed by atoms with Gasteiger partial charge in [-0.15, -0.1) is 13.2 Å². The number of carbonyl (C=O) groups excluding carboxylic acids is 1. The molecule has 0 spiro atoms. The second kappa shape index (κ2) is 9.04. The van der Waals surface area contributed by atoms with Crippen molar-refractivity contribution >= 4 is 23.0 Å². The Balaban J connectivity index is 2.23. The van der Waals surface area contributed by atoms with Crippen LogP contribution in [0.4, 0.5) is 30.2 Å². The van der Waals surface area contributed by atoms with Gasteiger partial charge in [0.05, 0.1) is 17.2 Å². The lowest BCUT2D eigenvalue weighted by Crippen LogP contribution is -2.19. The number of benzene rings is 2. The van der Waals surface area contributed by atoms with Crippen molar-refractivity contribution in [3.8, 4) is 5.75 Å². The molecular formula is C17H16F3N3O5. The minimum absolute atomic E-state index is 0.106. The molecule has 0 bridgehead atoms. The number of hydrogen-bond donors (Lipinski definition) is 2. The Hall–Kier alpha value is -3.34. The van der Waals surface area contributed by atoms with Crippen LogP contribution in [0, 0.1) is 10.1 Å². The molecule has 11 heteroatoms. The molecule has 150 valence electrons. The normalized spacial score (nSPS) is 11.0. The highest BCUT2D eigenvalue weighted by Crippen LogP contribution is 2.31. The van der Waals surface area contributed by atoms with E-state index in [0.717, 1.165) is 12.1 Å². The lowest BCUT2D eigenvalue weighted by Gasteiger charge is -2.14. The van der Waals surface area contributed by atoms with E-state index in [0.29, 0.717) is 13.2 Å². The molecule has 2 aromatic carbocycles. The number of para-hydroxylation sites is 2. The number of nitrogens with one attached hydrogen (secondary N) is 2. The summed E-state index contributed by atoms with van der Waals surface area (Å²) in [5.74, 6) is -1.43. The quantitative estimate of drug-likeness (QED) is 0.398. The number of ether oxygens (including phenoxy) is 2. The van der Waals surface area contributed by atoms with Gasteiger partial charge in [0.15, 0.2) is 5.75 Å². The van der Waals surface area contributed by atoms with E-state index in [1.807, 2.05) is 0 Å². The van der Waals surface area contributed by atoms with Crippen molar-refractivity contribution in [3.05, 3.63) is 58.1 Å². The van der Waals surface area contributed by atoms with Gasteiger partial charge < -0.3 is 20.1 Å². The molecule has 0 aliphatic rings. The average molecular weight is 399 g/mol. The number of methoxy groups -OCH3 is 1. The van der Waals surface area contributed by atoms with Crippen LogP contribution in [0.1, 0.15) is 10.4 Å². The molecule has 0 heterocycles. The van der Waals surface area contributed by atoms with E-state index in [2.05, 4.69) is 15.4 Å². The first-order valence-electron chi connectivity index (χ1n) is 7.88. The number of amides is 1. The summed E-state index contributed by atoms with van der Waals surface area (Å²) >= 11 is 0. The molecule has 0 saturated heterocycles. The lowest BCUT2D eigenvalue weighted by atomic mass is 10.1. The van der Waals surface area contributed by atoms with Gasteiger partial charge in [0.25, 0.3) is 11.6 Å². The molecule has 2 N–H and O–H groups in total. The van der Waals surface area contributed by atoms with E-state index in [-0.39, 0.29) is 22.6 Å². The molecule has 0 fully saturated rings. The smallest absolute Gasteiger partial charge is 0.404 e. The van der Waals surface area contributed by atoms with Gasteiger partial charge in [-0.2, -0.15) is 0 Å². The van der Waals surface area contributed by atoms with Crippen LogP contribution in [0.2, 0.25) is 0 Å². The van der Waals surface area contributed by atoms with Crippen molar-refractivity contribution in [3.63, 3.8) is 0 Å². The molecule has 2 rings (SSSR count). The van der Waals surface area contributed by atoms with Crippen LogP contribution in [0.25, 0.3) is 0 Å². The Morgan fingerprint density at radius 1 is 1.18 bits per heavy atom. The maximum Gasteiger partial charge on any atom is 0.573 e. The molecule has 0 aliphatic carbocycles. The molecule has 28 heavy (non-hydrogen) atoms. The van der Waals surface area contributed by atoms with Gasteiger partial charge in [0, 0.05) is 25.3 Å². The third-order valence-electron chi connectivity index (χ3n) is 3.44. The number of rotatable bonds is 8. The Morgan fingerprint density at radius 2 is 1.89 bits per heavy atom. The number of alkyl halides is 3. The monoisotopic (exact) mass is 399 g/mol. The number of nitrogens with zero attached hydrogens (tertiary/aromatic N) is 1. The fourth-order valence-corrected chi connectivity index (χ4v) is 2.24. The van der Waals surface area contributed by atoms with Gasteiger partial charge in [-0.25, -0.2) is 0 Å². The molecule has 8 nitrogen and oxygen atoms in total. The average Bonchev–Trinajstić information content (AvgIpc) is 2.62. The molecule has 0 aliphatic heterocycles. The molecular weight excluding hydrogens is 383 g/mol. The lowest BCUT2D eigenvalue weighted by molar-refractivity contribution is -0.384. The number of anilines is 2. The van der Waals surface area contributed by atoms with E-state index >= 15 is 0 Å². The van der Waals surface area contributed by atoms with E-state index in [1.54, 1.807) is 0 Å². The van der Waals surface area contributed by atoms with Crippen LogP contribution < -0.4 is 15.4 Å². The SMILES string of the molecule is COCCNc1ccc(C(=O)Nc2ccccc2OC(F)(F)F)cc1[N+](=O)[O-]. The molecule has 0 unspecified atom stereocenters. The summed E-state index contributed by atoms with van der Waals surface area (Å²) < 4.78 is 46.1. The summed E-state index contributed by atoms with van der Waals surface area (Å²) in [5, 5.41) is 16.3. The van der Waals surface area contributed by atoms with Crippen LogP contribution >= 0.6 is 0 Å². The number of nitro benzene ring substituents is 1. The van der Waals surface area contributed by atoms with Gasteiger partial charge in [0.1, 0.15) is 5.69 Å². The van der Waals surface area contributed by atoms with Crippen LogP contribution in [0.3, 0.4) is 0 Å². The van der Waals surface area contributed by atoms with Crippen LogP contribution in [-0.2, 0) is 4.74 Å². The van der Waals surface area contributed by atoms with Crippen molar-refractivity contribution in [1.82, 2.24) is 0 Å². The van der Waals surface area contributed by atoms with Crippen molar-refractivity contribution in [2.24, 2.45) is 0 Å². The van der Waals surface area contributed by atoms with Gasteiger partial charge in [-0.05, 0) is 24.3 Å². The Kier molecular flexibility index (Phi) is 6.77. The first-order valence-corrected chi connectivity index (χ1v) is 7.88. The number of halogens is 3. The van der Waals surface area contributed by atoms with Crippen molar-refractivity contribution in [2.75, 3.05) is 30.9 Å². The number of hydrogen-bond acceptors (Lipinski definition) is 6. The summed E-state index contributed by atoms with van der Waals surface area (Å²) in [6.07, 6.45) is -4.94. The second-order valence-corrected chi connectivity index (χ2v) is 5.41. The standard InChI is InChI=1S/C17H16F3N3O5/c1-27-9-8-21-12-7-6-11(10-14(12)23(25)26)16(24)22-13-4-2-3-5-15(13)28-17(18,19)20/h2-7,10,21H,8-9H2,1H3,(H,22,24). The minimum atomic E-state index is -4.94. The Bertz CT molecular complexity index is 858. The van der Waals surface area contributed by atoms with E-state index in [4.69, 9.17) is 4.74 Å². The van der Waals surface area contributed by atoms with Crippen LogP contribution in [0.15, 0.2) is 42.5 Å². The fraction of sp³-hybridized carbons (Fsp3) is 0.235. The Labute approximate surface area is 157 Å². The maximum atomic E-state index is 12.5. The van der Waals surface area contributed by atoms with Gasteiger partial charge in [-0.3, -0.25) is 14.9 Å². The Morgan fingerprint density at radius 3 is 2.54 bits per heavy atom. The third kappa shape index (κ3) is 5.84. The third-order valence-corrected chi connectivity index (χ3v) is 3.44. The zero-order valence-electron chi connectivity index (χ0n) is 14.6. The van der Waals surface area contributed by atoms with Gasteiger partial charge in [-0.1, -0.05) is 12.1 Å².